The van der Waals surface area contributed by atoms with E-state index in [1.165, 1.54) is 11.8 Å². The molecular formula is C13H11BrN2OS. The standard InChI is InChI=1S/C13H11BrN2OS/c14-10-3-1-2-9(8-10)12(13(15)17)18-11-4-6-16-7-5-11/h1-8,12H,(H2,15,17)/t12-/m1/s1. The molecule has 1 atom stereocenters. The summed E-state index contributed by atoms with van der Waals surface area (Å²) in [6, 6.07) is 11.3. The molecule has 0 saturated carbocycles. The summed E-state index contributed by atoms with van der Waals surface area (Å²) in [6.45, 7) is 0. The highest BCUT2D eigenvalue weighted by Crippen LogP contribution is 2.35. The lowest BCUT2D eigenvalue weighted by atomic mass is 10.1. The van der Waals surface area contributed by atoms with E-state index in [4.69, 9.17) is 5.73 Å². The Morgan fingerprint density at radius 3 is 2.61 bits per heavy atom. The highest BCUT2D eigenvalue weighted by molar-refractivity contribution is 9.10. The van der Waals surface area contributed by atoms with Crippen molar-refractivity contribution >= 4 is 33.6 Å². The number of nitrogens with zero attached hydrogens (tertiary/aromatic N) is 1. The van der Waals surface area contributed by atoms with Crippen LogP contribution in [0.2, 0.25) is 0 Å². The van der Waals surface area contributed by atoms with Crippen molar-refractivity contribution in [1.82, 2.24) is 4.98 Å². The van der Waals surface area contributed by atoms with E-state index in [-0.39, 0.29) is 5.91 Å². The third-order valence-electron chi connectivity index (χ3n) is 2.31. The van der Waals surface area contributed by atoms with E-state index < -0.39 is 5.25 Å². The van der Waals surface area contributed by atoms with Crippen molar-refractivity contribution in [3.8, 4) is 0 Å². The summed E-state index contributed by atoms with van der Waals surface area (Å²) in [4.78, 5) is 16.5. The lowest BCUT2D eigenvalue weighted by Gasteiger charge is -2.13. The van der Waals surface area contributed by atoms with Gasteiger partial charge in [-0.1, -0.05) is 28.1 Å². The maximum Gasteiger partial charge on any atom is 0.235 e. The fraction of sp³-hybridized carbons (Fsp3) is 0.0769. The molecule has 0 radical (unpaired) electrons. The SMILES string of the molecule is NC(=O)[C@H](Sc1ccncc1)c1cccc(Br)c1. The molecule has 0 aliphatic carbocycles. The summed E-state index contributed by atoms with van der Waals surface area (Å²) >= 11 is 4.82. The van der Waals surface area contributed by atoms with E-state index in [1.54, 1.807) is 12.4 Å². The number of amides is 1. The molecule has 2 aromatic rings. The number of pyridine rings is 1. The molecule has 0 saturated heterocycles. The van der Waals surface area contributed by atoms with Crippen LogP contribution in [0.5, 0.6) is 0 Å². The van der Waals surface area contributed by atoms with Crippen LogP contribution in [0.1, 0.15) is 10.8 Å². The number of nitrogens with two attached hydrogens (primary N) is 1. The molecule has 1 amide bonds. The molecular weight excluding hydrogens is 312 g/mol. The van der Waals surface area contributed by atoms with Crippen molar-refractivity contribution in [3.63, 3.8) is 0 Å². The predicted octanol–water partition coefficient (Wildman–Crippen LogP) is 3.16. The third kappa shape index (κ3) is 3.34. The van der Waals surface area contributed by atoms with Crippen LogP contribution >= 0.6 is 27.7 Å². The molecule has 0 aliphatic heterocycles. The molecule has 0 bridgehead atoms. The summed E-state index contributed by atoms with van der Waals surface area (Å²) in [5.74, 6) is -0.352. The molecule has 92 valence electrons. The molecule has 5 heteroatoms. The molecule has 1 aromatic carbocycles. The number of thioether (sulfide) groups is 1. The Morgan fingerprint density at radius 1 is 1.28 bits per heavy atom. The minimum absolute atomic E-state index is 0.352. The van der Waals surface area contributed by atoms with Gasteiger partial charge in [0.05, 0.1) is 0 Å². The van der Waals surface area contributed by atoms with Crippen LogP contribution in [0.15, 0.2) is 58.2 Å². The second kappa shape index (κ2) is 6.02. The van der Waals surface area contributed by atoms with Gasteiger partial charge in [-0.15, -0.1) is 11.8 Å². The lowest BCUT2D eigenvalue weighted by molar-refractivity contribution is -0.117. The predicted molar refractivity (Wildman–Crippen MR) is 76.2 cm³/mol. The number of rotatable bonds is 4. The number of benzene rings is 1. The highest BCUT2D eigenvalue weighted by atomic mass is 79.9. The molecule has 0 aliphatic rings. The zero-order valence-corrected chi connectivity index (χ0v) is 11.8. The van der Waals surface area contributed by atoms with Gasteiger partial charge >= 0.3 is 0 Å². The van der Waals surface area contributed by atoms with Crippen molar-refractivity contribution in [1.29, 1.82) is 0 Å². The molecule has 18 heavy (non-hydrogen) atoms. The zero-order chi connectivity index (χ0) is 13.0. The molecule has 0 spiro atoms. The minimum atomic E-state index is -0.398. The van der Waals surface area contributed by atoms with Crippen molar-refractivity contribution in [2.75, 3.05) is 0 Å². The van der Waals surface area contributed by atoms with Crippen molar-refractivity contribution < 1.29 is 4.79 Å². The minimum Gasteiger partial charge on any atom is -0.368 e. The van der Waals surface area contributed by atoms with Gasteiger partial charge in [-0.05, 0) is 29.8 Å². The second-order valence-electron chi connectivity index (χ2n) is 3.64. The van der Waals surface area contributed by atoms with Crippen LogP contribution in [0, 0.1) is 0 Å². The van der Waals surface area contributed by atoms with Gasteiger partial charge in [0.1, 0.15) is 5.25 Å². The van der Waals surface area contributed by atoms with E-state index in [0.717, 1.165) is 14.9 Å². The average Bonchev–Trinajstić information content (AvgIpc) is 2.37. The van der Waals surface area contributed by atoms with Gasteiger partial charge in [0.15, 0.2) is 0 Å². The first-order chi connectivity index (χ1) is 8.66. The Morgan fingerprint density at radius 2 is 2.00 bits per heavy atom. The molecule has 1 aromatic heterocycles. The maximum atomic E-state index is 11.6. The average molecular weight is 323 g/mol. The van der Waals surface area contributed by atoms with Crippen LogP contribution in [0.3, 0.4) is 0 Å². The van der Waals surface area contributed by atoms with Gasteiger partial charge in [0.25, 0.3) is 0 Å². The quantitative estimate of drug-likeness (QED) is 0.879. The first-order valence-corrected chi connectivity index (χ1v) is 6.95. The summed E-state index contributed by atoms with van der Waals surface area (Å²) in [7, 11) is 0. The van der Waals surface area contributed by atoms with Crippen molar-refractivity contribution in [2.45, 2.75) is 10.1 Å². The zero-order valence-electron chi connectivity index (χ0n) is 9.42. The maximum absolute atomic E-state index is 11.6. The van der Waals surface area contributed by atoms with E-state index in [2.05, 4.69) is 20.9 Å². The van der Waals surface area contributed by atoms with Crippen LogP contribution < -0.4 is 5.73 Å². The second-order valence-corrected chi connectivity index (χ2v) is 5.73. The number of hydrogen-bond donors (Lipinski definition) is 1. The Labute approximate surface area is 118 Å². The van der Waals surface area contributed by atoms with Gasteiger partial charge in [0.2, 0.25) is 5.91 Å². The van der Waals surface area contributed by atoms with Gasteiger partial charge in [-0.25, -0.2) is 0 Å². The van der Waals surface area contributed by atoms with E-state index in [0.29, 0.717) is 0 Å². The van der Waals surface area contributed by atoms with Gasteiger partial charge in [-0.3, -0.25) is 9.78 Å². The Bertz CT molecular complexity index is 548. The number of aromatic nitrogens is 1. The molecule has 3 nitrogen and oxygen atoms in total. The largest absolute Gasteiger partial charge is 0.368 e. The number of carbonyl (C=O) groups is 1. The molecule has 0 unspecified atom stereocenters. The van der Waals surface area contributed by atoms with Crippen LogP contribution in [-0.2, 0) is 4.79 Å². The molecule has 1 heterocycles. The lowest BCUT2D eigenvalue weighted by Crippen LogP contribution is -2.18. The molecule has 2 N–H and O–H groups in total. The summed E-state index contributed by atoms with van der Waals surface area (Å²) < 4.78 is 0.932. The summed E-state index contributed by atoms with van der Waals surface area (Å²) in [5.41, 5.74) is 6.36. The van der Waals surface area contributed by atoms with Crippen LogP contribution in [-0.4, -0.2) is 10.9 Å². The van der Waals surface area contributed by atoms with Gasteiger partial charge in [-0.2, -0.15) is 0 Å². The first-order valence-electron chi connectivity index (χ1n) is 5.28. The van der Waals surface area contributed by atoms with E-state index in [9.17, 15) is 4.79 Å². The van der Waals surface area contributed by atoms with Crippen molar-refractivity contribution in [2.24, 2.45) is 5.73 Å². The highest BCUT2D eigenvalue weighted by Gasteiger charge is 2.19. The van der Waals surface area contributed by atoms with Crippen molar-refractivity contribution in [3.05, 3.63) is 58.8 Å². The van der Waals surface area contributed by atoms with E-state index >= 15 is 0 Å². The van der Waals surface area contributed by atoms with Gasteiger partial charge < -0.3 is 5.73 Å². The fourth-order valence-corrected chi connectivity index (χ4v) is 2.88. The Kier molecular flexibility index (Phi) is 4.38. The third-order valence-corrected chi connectivity index (χ3v) is 4.09. The number of primary amides is 1. The Balaban J connectivity index is 2.27. The summed E-state index contributed by atoms with van der Waals surface area (Å²) in [5, 5.41) is -0.398. The Hall–Kier alpha value is -1.33. The van der Waals surface area contributed by atoms with Crippen LogP contribution in [0.25, 0.3) is 0 Å². The number of carbonyl (C=O) groups excluding carboxylic acids is 1. The fourth-order valence-electron chi connectivity index (χ4n) is 1.51. The molecule has 2 rings (SSSR count). The van der Waals surface area contributed by atoms with Crippen LogP contribution in [0.4, 0.5) is 0 Å². The number of hydrogen-bond acceptors (Lipinski definition) is 3. The smallest absolute Gasteiger partial charge is 0.235 e. The topological polar surface area (TPSA) is 56.0 Å². The monoisotopic (exact) mass is 322 g/mol. The molecule has 0 fully saturated rings. The normalized spacial score (nSPS) is 12.1. The van der Waals surface area contributed by atoms with Gasteiger partial charge in [0, 0.05) is 21.8 Å². The summed E-state index contributed by atoms with van der Waals surface area (Å²) in [6.07, 6.45) is 3.39. The number of halogens is 1. The first kappa shape index (κ1) is 13.1. The van der Waals surface area contributed by atoms with E-state index in [1.807, 2.05) is 36.4 Å².